The van der Waals surface area contributed by atoms with Crippen molar-refractivity contribution in [3.8, 4) is 5.75 Å². The number of aromatic nitrogens is 1. The third-order valence-corrected chi connectivity index (χ3v) is 2.74. The van der Waals surface area contributed by atoms with Crippen LogP contribution in [0.15, 0.2) is 6.20 Å². The molecule has 0 aliphatic heterocycles. The number of ether oxygens (including phenoxy) is 1. The smallest absolute Gasteiger partial charge is 0.128 e. The van der Waals surface area contributed by atoms with Gasteiger partial charge in [0.2, 0.25) is 0 Å². The van der Waals surface area contributed by atoms with Gasteiger partial charge in [0.25, 0.3) is 0 Å². The summed E-state index contributed by atoms with van der Waals surface area (Å²) in [5, 5.41) is 9.93. The molecule has 0 saturated carbocycles. The van der Waals surface area contributed by atoms with Gasteiger partial charge in [-0.2, -0.15) is 0 Å². The zero-order valence-electron chi connectivity index (χ0n) is 10.4. The maximum Gasteiger partial charge on any atom is 0.128 e. The van der Waals surface area contributed by atoms with Crippen molar-refractivity contribution < 1.29 is 9.84 Å². The second-order valence-corrected chi connectivity index (χ2v) is 4.42. The summed E-state index contributed by atoms with van der Waals surface area (Å²) in [6.45, 7) is 5.81. The molecule has 0 bridgehead atoms. The summed E-state index contributed by atoms with van der Waals surface area (Å²) in [5.74, 6) is 0.831. The number of methoxy groups -OCH3 is 1. The fourth-order valence-electron chi connectivity index (χ4n) is 1.68. The van der Waals surface area contributed by atoms with Crippen molar-refractivity contribution in [3.63, 3.8) is 0 Å². The molecule has 1 rings (SSSR count). The third kappa shape index (κ3) is 2.71. The predicted molar refractivity (Wildman–Crippen MR) is 63.6 cm³/mol. The van der Waals surface area contributed by atoms with Crippen LogP contribution in [-0.2, 0) is 6.42 Å². The van der Waals surface area contributed by atoms with Crippen molar-refractivity contribution in [1.82, 2.24) is 4.98 Å². The number of hydrogen-bond donors (Lipinski definition) is 2. The maximum atomic E-state index is 9.93. The molecule has 0 aliphatic carbocycles. The molecule has 3 N–H and O–H groups in total. The van der Waals surface area contributed by atoms with Gasteiger partial charge in [-0.1, -0.05) is 0 Å². The summed E-state index contributed by atoms with van der Waals surface area (Å²) in [6.07, 6.45) is 2.19. The molecule has 1 heterocycles. The number of nitrogens with two attached hydrogens (primary N) is 1. The Kier molecular flexibility index (Phi) is 3.88. The first-order chi connectivity index (χ1) is 7.41. The summed E-state index contributed by atoms with van der Waals surface area (Å²) in [6, 6.07) is 0. The number of aryl methyl sites for hydroxylation is 1. The average molecular weight is 224 g/mol. The number of hydrogen-bond acceptors (Lipinski definition) is 4. The van der Waals surface area contributed by atoms with Gasteiger partial charge in [-0.3, -0.25) is 4.98 Å². The average Bonchev–Trinajstić information content (AvgIpc) is 2.23. The summed E-state index contributed by atoms with van der Waals surface area (Å²) in [4.78, 5) is 4.32. The van der Waals surface area contributed by atoms with E-state index in [1.54, 1.807) is 20.2 Å². The Bertz CT molecular complexity index is 376. The zero-order chi connectivity index (χ0) is 12.3. The van der Waals surface area contributed by atoms with Crippen molar-refractivity contribution in [2.75, 3.05) is 13.7 Å². The predicted octanol–water partition coefficient (Wildman–Crippen LogP) is 0.959. The number of pyridine rings is 1. The summed E-state index contributed by atoms with van der Waals surface area (Å²) in [5.41, 5.74) is 7.37. The van der Waals surface area contributed by atoms with Crippen LogP contribution in [0.3, 0.4) is 0 Å². The van der Waals surface area contributed by atoms with Gasteiger partial charge >= 0.3 is 0 Å². The van der Waals surface area contributed by atoms with Gasteiger partial charge in [-0.25, -0.2) is 0 Å². The SMILES string of the molecule is COc1c(C)cnc(CC(C)(O)CN)c1C. The van der Waals surface area contributed by atoms with E-state index in [4.69, 9.17) is 10.5 Å². The van der Waals surface area contributed by atoms with E-state index in [0.29, 0.717) is 6.42 Å². The van der Waals surface area contributed by atoms with Crippen molar-refractivity contribution in [1.29, 1.82) is 0 Å². The van der Waals surface area contributed by atoms with Crippen LogP contribution < -0.4 is 10.5 Å². The highest BCUT2D eigenvalue weighted by molar-refractivity contribution is 5.41. The first-order valence-electron chi connectivity index (χ1n) is 5.33. The van der Waals surface area contributed by atoms with E-state index in [2.05, 4.69) is 4.98 Å². The van der Waals surface area contributed by atoms with Crippen LogP contribution in [0.5, 0.6) is 5.75 Å². The van der Waals surface area contributed by atoms with E-state index in [1.807, 2.05) is 13.8 Å². The third-order valence-electron chi connectivity index (χ3n) is 2.74. The van der Waals surface area contributed by atoms with Gasteiger partial charge in [0, 0.05) is 36.0 Å². The Morgan fingerprint density at radius 2 is 2.12 bits per heavy atom. The highest BCUT2D eigenvalue weighted by atomic mass is 16.5. The molecule has 0 spiro atoms. The van der Waals surface area contributed by atoms with Crippen LogP contribution in [0, 0.1) is 13.8 Å². The lowest BCUT2D eigenvalue weighted by Gasteiger charge is -2.22. The Morgan fingerprint density at radius 3 is 2.62 bits per heavy atom. The minimum Gasteiger partial charge on any atom is -0.496 e. The molecule has 1 aromatic heterocycles. The van der Waals surface area contributed by atoms with E-state index >= 15 is 0 Å². The molecule has 1 unspecified atom stereocenters. The Hall–Kier alpha value is -1.13. The molecule has 4 heteroatoms. The van der Waals surface area contributed by atoms with Crippen LogP contribution >= 0.6 is 0 Å². The summed E-state index contributed by atoms with van der Waals surface area (Å²) < 4.78 is 5.31. The van der Waals surface area contributed by atoms with E-state index < -0.39 is 5.60 Å². The molecule has 0 saturated heterocycles. The molecule has 1 aromatic rings. The van der Waals surface area contributed by atoms with Gasteiger partial charge in [-0.05, 0) is 20.8 Å². The van der Waals surface area contributed by atoms with Gasteiger partial charge in [0.05, 0.1) is 12.7 Å². The topological polar surface area (TPSA) is 68.4 Å². The van der Waals surface area contributed by atoms with Crippen molar-refractivity contribution in [3.05, 3.63) is 23.0 Å². The van der Waals surface area contributed by atoms with Gasteiger partial charge in [0.15, 0.2) is 0 Å². The van der Waals surface area contributed by atoms with E-state index in [1.165, 1.54) is 0 Å². The summed E-state index contributed by atoms with van der Waals surface area (Å²) in [7, 11) is 1.64. The van der Waals surface area contributed by atoms with Gasteiger partial charge in [-0.15, -0.1) is 0 Å². The minimum absolute atomic E-state index is 0.213. The number of nitrogens with zero attached hydrogens (tertiary/aromatic N) is 1. The highest BCUT2D eigenvalue weighted by Crippen LogP contribution is 2.25. The standard InChI is InChI=1S/C12H20N2O2/c1-8-6-14-10(5-12(3,15)7-13)9(2)11(8)16-4/h6,15H,5,7,13H2,1-4H3. The number of rotatable bonds is 4. The van der Waals surface area contributed by atoms with Crippen molar-refractivity contribution in [2.45, 2.75) is 32.8 Å². The lowest BCUT2D eigenvalue weighted by molar-refractivity contribution is 0.0684. The lowest BCUT2D eigenvalue weighted by atomic mass is 9.97. The molecule has 0 amide bonds. The maximum absolute atomic E-state index is 9.93. The van der Waals surface area contributed by atoms with E-state index in [0.717, 1.165) is 22.6 Å². The van der Waals surface area contributed by atoms with Crippen LogP contribution in [-0.4, -0.2) is 29.3 Å². The number of aliphatic hydroxyl groups is 1. The molecule has 1 atom stereocenters. The first-order valence-corrected chi connectivity index (χ1v) is 5.33. The molecule has 4 nitrogen and oxygen atoms in total. The molecular formula is C12H20N2O2. The Labute approximate surface area is 96.5 Å². The minimum atomic E-state index is -0.919. The Morgan fingerprint density at radius 1 is 1.50 bits per heavy atom. The quantitative estimate of drug-likeness (QED) is 0.799. The fourth-order valence-corrected chi connectivity index (χ4v) is 1.68. The molecule has 0 fully saturated rings. The largest absolute Gasteiger partial charge is 0.496 e. The lowest BCUT2D eigenvalue weighted by Crippen LogP contribution is -2.37. The summed E-state index contributed by atoms with van der Waals surface area (Å²) >= 11 is 0. The van der Waals surface area contributed by atoms with Crippen LogP contribution in [0.4, 0.5) is 0 Å². The second-order valence-electron chi connectivity index (χ2n) is 4.42. The van der Waals surface area contributed by atoms with E-state index in [9.17, 15) is 5.11 Å². The molecule has 90 valence electrons. The fraction of sp³-hybridized carbons (Fsp3) is 0.583. The Balaban J connectivity index is 3.07. The van der Waals surface area contributed by atoms with Crippen LogP contribution in [0.25, 0.3) is 0 Å². The normalized spacial score (nSPS) is 14.6. The molecule has 0 aliphatic rings. The first kappa shape index (κ1) is 12.9. The van der Waals surface area contributed by atoms with E-state index in [-0.39, 0.29) is 6.54 Å². The molecular weight excluding hydrogens is 204 g/mol. The van der Waals surface area contributed by atoms with Crippen LogP contribution in [0.2, 0.25) is 0 Å². The van der Waals surface area contributed by atoms with Crippen LogP contribution in [0.1, 0.15) is 23.7 Å². The monoisotopic (exact) mass is 224 g/mol. The highest BCUT2D eigenvalue weighted by Gasteiger charge is 2.22. The van der Waals surface area contributed by atoms with Crippen molar-refractivity contribution >= 4 is 0 Å². The molecule has 16 heavy (non-hydrogen) atoms. The van der Waals surface area contributed by atoms with Gasteiger partial charge < -0.3 is 15.6 Å². The molecule has 0 radical (unpaired) electrons. The van der Waals surface area contributed by atoms with Gasteiger partial charge in [0.1, 0.15) is 5.75 Å². The second kappa shape index (κ2) is 4.80. The molecule has 0 aromatic carbocycles. The zero-order valence-corrected chi connectivity index (χ0v) is 10.4. The van der Waals surface area contributed by atoms with Crippen molar-refractivity contribution in [2.24, 2.45) is 5.73 Å².